The van der Waals surface area contributed by atoms with Crippen molar-refractivity contribution < 1.29 is 9.53 Å². The predicted octanol–water partition coefficient (Wildman–Crippen LogP) is 2.98. The van der Waals surface area contributed by atoms with E-state index >= 15 is 0 Å². The number of benzene rings is 1. The minimum Gasteiger partial charge on any atom is -0.372 e. The molecule has 1 amide bonds. The van der Waals surface area contributed by atoms with Gasteiger partial charge in [0.15, 0.2) is 0 Å². The first-order valence-corrected chi connectivity index (χ1v) is 9.42. The zero-order chi connectivity index (χ0) is 17.4. The third-order valence-electron chi connectivity index (χ3n) is 5.37. The molecule has 2 fully saturated rings. The highest BCUT2D eigenvalue weighted by atomic mass is 31.0. The number of nitrogens with one attached hydrogen (secondary N) is 2. The van der Waals surface area contributed by atoms with E-state index in [4.69, 9.17) is 4.74 Å². The molecule has 2 heterocycles. The predicted molar refractivity (Wildman–Crippen MR) is 100 cm³/mol. The smallest absolute Gasteiger partial charge is 0.220 e. The van der Waals surface area contributed by atoms with Crippen molar-refractivity contribution in [1.29, 1.82) is 0 Å². The lowest BCUT2D eigenvalue weighted by Gasteiger charge is -2.44. The van der Waals surface area contributed by atoms with E-state index in [1.807, 2.05) is 0 Å². The number of carbonyl (C=O) groups is 1. The Morgan fingerprint density at radius 3 is 2.46 bits per heavy atom. The number of rotatable bonds is 4. The van der Waals surface area contributed by atoms with Crippen LogP contribution in [0.25, 0.3) is 0 Å². The Labute approximate surface area is 147 Å². The van der Waals surface area contributed by atoms with E-state index in [0.717, 1.165) is 25.8 Å². The lowest BCUT2D eigenvalue weighted by atomic mass is 9.85. The van der Waals surface area contributed by atoms with Crippen LogP contribution in [0.5, 0.6) is 0 Å². The van der Waals surface area contributed by atoms with Crippen LogP contribution in [0.15, 0.2) is 18.2 Å². The first-order chi connectivity index (χ1) is 11.3. The third-order valence-corrected chi connectivity index (χ3v) is 6.03. The van der Waals surface area contributed by atoms with Crippen LogP contribution < -0.4 is 10.6 Å². The summed E-state index contributed by atoms with van der Waals surface area (Å²) in [6.45, 7) is 7.83. The topological polar surface area (TPSA) is 50.4 Å². The molecule has 3 rings (SSSR count). The van der Waals surface area contributed by atoms with E-state index in [0.29, 0.717) is 13.0 Å². The highest BCUT2D eigenvalue weighted by molar-refractivity contribution is 7.18. The second-order valence-electron chi connectivity index (χ2n) is 7.71. The average Bonchev–Trinajstić information content (AvgIpc) is 2.89. The number of hydrogen-bond donors (Lipinski definition) is 2. The molecule has 0 aromatic heterocycles. The highest BCUT2D eigenvalue weighted by Gasteiger charge is 2.44. The molecule has 132 valence electrons. The lowest BCUT2D eigenvalue weighted by Crippen LogP contribution is -2.60. The molecule has 4 atom stereocenters. The van der Waals surface area contributed by atoms with Crippen LogP contribution >= 0.6 is 9.24 Å². The fourth-order valence-electron chi connectivity index (χ4n) is 3.82. The Morgan fingerprint density at radius 1 is 1.21 bits per heavy atom. The van der Waals surface area contributed by atoms with E-state index in [1.165, 1.54) is 16.7 Å². The standard InChI is InChI=1S/C19H29N2O2P/c1-13-8-14(2)10-16(9-13)15(3)23-12-19(24)7-6-18(11-20-19)5-4-17(22)21-18/h8-10,15,20H,4-7,11-12,24H2,1-3H3,(H,21,22)/t15-,18+,19-/m0/s1. The van der Waals surface area contributed by atoms with Crippen molar-refractivity contribution in [3.63, 3.8) is 0 Å². The van der Waals surface area contributed by atoms with Crippen LogP contribution in [-0.4, -0.2) is 29.9 Å². The largest absolute Gasteiger partial charge is 0.372 e. The molecule has 1 aromatic rings. The van der Waals surface area contributed by atoms with Gasteiger partial charge in [-0.15, -0.1) is 9.24 Å². The van der Waals surface area contributed by atoms with Crippen LogP contribution in [0.4, 0.5) is 0 Å². The van der Waals surface area contributed by atoms with Crippen molar-refractivity contribution in [1.82, 2.24) is 10.6 Å². The van der Waals surface area contributed by atoms with Gasteiger partial charge in [-0.25, -0.2) is 0 Å². The maximum Gasteiger partial charge on any atom is 0.220 e. The van der Waals surface area contributed by atoms with Gasteiger partial charge in [-0.05, 0) is 45.6 Å². The van der Waals surface area contributed by atoms with Crippen LogP contribution in [0.3, 0.4) is 0 Å². The fourth-order valence-corrected chi connectivity index (χ4v) is 4.16. The molecule has 0 aliphatic carbocycles. The van der Waals surface area contributed by atoms with E-state index in [9.17, 15) is 4.79 Å². The van der Waals surface area contributed by atoms with Gasteiger partial charge in [0.2, 0.25) is 5.91 Å². The first-order valence-electron chi connectivity index (χ1n) is 8.84. The van der Waals surface area contributed by atoms with Crippen molar-refractivity contribution >= 4 is 15.1 Å². The molecule has 1 aromatic carbocycles. The van der Waals surface area contributed by atoms with Crippen molar-refractivity contribution in [3.05, 3.63) is 34.9 Å². The number of piperidine rings is 1. The molecule has 0 bridgehead atoms. The summed E-state index contributed by atoms with van der Waals surface area (Å²) in [6, 6.07) is 6.58. The molecular weight excluding hydrogens is 319 g/mol. The summed E-state index contributed by atoms with van der Waals surface area (Å²) in [7, 11) is 2.94. The number of aryl methyl sites for hydroxylation is 2. The normalized spacial score (nSPS) is 31.2. The summed E-state index contributed by atoms with van der Waals surface area (Å²) in [5.74, 6) is 0.188. The summed E-state index contributed by atoms with van der Waals surface area (Å²) in [6.07, 6.45) is 3.67. The Balaban J connectivity index is 1.55. The Hall–Kier alpha value is -0.960. The summed E-state index contributed by atoms with van der Waals surface area (Å²) >= 11 is 0. The van der Waals surface area contributed by atoms with Crippen LogP contribution in [0, 0.1) is 13.8 Å². The van der Waals surface area contributed by atoms with Gasteiger partial charge >= 0.3 is 0 Å². The molecule has 0 saturated carbocycles. The van der Waals surface area contributed by atoms with Gasteiger partial charge in [-0.1, -0.05) is 29.3 Å². The molecular formula is C19H29N2O2P. The minimum absolute atomic E-state index is 0.0313. The number of ether oxygens (including phenoxy) is 1. The van der Waals surface area contributed by atoms with Crippen LogP contribution in [0.2, 0.25) is 0 Å². The second-order valence-corrected chi connectivity index (χ2v) is 8.82. The van der Waals surface area contributed by atoms with E-state index in [1.54, 1.807) is 0 Å². The zero-order valence-corrected chi connectivity index (χ0v) is 16.1. The van der Waals surface area contributed by atoms with E-state index in [2.05, 4.69) is 58.8 Å². The van der Waals surface area contributed by atoms with Gasteiger partial charge in [0, 0.05) is 13.0 Å². The van der Waals surface area contributed by atoms with Gasteiger partial charge in [-0.3, -0.25) is 4.79 Å². The van der Waals surface area contributed by atoms with E-state index in [-0.39, 0.29) is 22.8 Å². The number of hydrogen-bond acceptors (Lipinski definition) is 3. The van der Waals surface area contributed by atoms with Crippen molar-refractivity contribution in [3.8, 4) is 0 Å². The molecule has 2 N–H and O–H groups in total. The van der Waals surface area contributed by atoms with E-state index < -0.39 is 0 Å². The number of carbonyl (C=O) groups excluding carboxylic acids is 1. The summed E-state index contributed by atoms with van der Waals surface area (Å²) < 4.78 is 6.18. The SMILES string of the molecule is Cc1cc(C)cc([C@H](C)OC[C@@]2(P)CC[C@]3(CCC(=O)N3)CN2)c1. The molecule has 2 saturated heterocycles. The Kier molecular flexibility index (Phi) is 5.01. The monoisotopic (exact) mass is 348 g/mol. The summed E-state index contributed by atoms with van der Waals surface area (Å²) in [5, 5.41) is 6.65. The quantitative estimate of drug-likeness (QED) is 0.823. The molecule has 1 unspecified atom stereocenters. The first kappa shape index (κ1) is 17.8. The Bertz CT molecular complexity index is 604. The molecule has 24 heavy (non-hydrogen) atoms. The Morgan fingerprint density at radius 2 is 1.92 bits per heavy atom. The maximum absolute atomic E-state index is 11.5. The van der Waals surface area contributed by atoms with Crippen LogP contribution in [-0.2, 0) is 9.53 Å². The van der Waals surface area contributed by atoms with Gasteiger partial charge in [0.1, 0.15) is 0 Å². The molecule has 4 nitrogen and oxygen atoms in total. The van der Waals surface area contributed by atoms with Gasteiger partial charge in [0.25, 0.3) is 0 Å². The average molecular weight is 348 g/mol. The molecule has 2 aliphatic rings. The molecule has 1 spiro atoms. The molecule has 5 heteroatoms. The maximum atomic E-state index is 11.5. The minimum atomic E-state index is -0.105. The summed E-state index contributed by atoms with van der Waals surface area (Å²) in [4.78, 5) is 11.5. The lowest BCUT2D eigenvalue weighted by molar-refractivity contribution is -0.120. The van der Waals surface area contributed by atoms with Crippen molar-refractivity contribution in [2.45, 2.75) is 63.4 Å². The van der Waals surface area contributed by atoms with Crippen molar-refractivity contribution in [2.24, 2.45) is 0 Å². The number of amides is 1. The zero-order valence-electron chi connectivity index (χ0n) is 14.9. The van der Waals surface area contributed by atoms with Gasteiger partial charge in [-0.2, -0.15) is 0 Å². The van der Waals surface area contributed by atoms with Gasteiger partial charge < -0.3 is 15.4 Å². The molecule has 2 aliphatic heterocycles. The summed E-state index contributed by atoms with van der Waals surface area (Å²) in [5.41, 5.74) is 3.75. The van der Waals surface area contributed by atoms with Gasteiger partial charge in [0.05, 0.1) is 23.5 Å². The van der Waals surface area contributed by atoms with Crippen LogP contribution in [0.1, 0.15) is 55.4 Å². The van der Waals surface area contributed by atoms with Crippen molar-refractivity contribution in [2.75, 3.05) is 13.2 Å². The second kappa shape index (κ2) is 6.74. The third kappa shape index (κ3) is 3.99. The highest BCUT2D eigenvalue weighted by Crippen LogP contribution is 2.36. The fraction of sp³-hybridized carbons (Fsp3) is 0.632. The molecule has 0 radical (unpaired) electrons.